The fourth-order valence-electron chi connectivity index (χ4n) is 2.22. The van der Waals surface area contributed by atoms with E-state index in [1.165, 1.54) is 24.4 Å². The van der Waals surface area contributed by atoms with Gasteiger partial charge in [-0.05, 0) is 17.5 Å². The number of benzene rings is 3. The minimum absolute atomic E-state index is 0.0467. The molecule has 0 saturated heterocycles. The van der Waals surface area contributed by atoms with Gasteiger partial charge in [0.25, 0.3) is 5.69 Å². The Morgan fingerprint density at radius 2 is 1.82 bits per heavy atom. The maximum absolute atomic E-state index is 10.8. The third kappa shape index (κ3) is 2.64. The number of hydrogen-bond acceptors (Lipinski definition) is 4. The maximum atomic E-state index is 10.8. The third-order valence-electron chi connectivity index (χ3n) is 3.33. The molecular weight excluding hydrogens is 280 g/mol. The lowest BCUT2D eigenvalue weighted by atomic mass is 10.1. The van der Waals surface area contributed by atoms with Crippen LogP contribution in [0.2, 0.25) is 0 Å². The first-order valence-corrected chi connectivity index (χ1v) is 6.64. The molecule has 0 aromatic heterocycles. The molecule has 0 bridgehead atoms. The van der Waals surface area contributed by atoms with Crippen LogP contribution in [0.1, 0.15) is 5.56 Å². The monoisotopic (exact) mass is 292 g/mol. The predicted molar refractivity (Wildman–Crippen MR) is 86.0 cm³/mol. The highest BCUT2D eigenvalue weighted by atomic mass is 16.6. The van der Waals surface area contributed by atoms with Crippen LogP contribution in [0.4, 0.5) is 11.4 Å². The number of phenols is 1. The van der Waals surface area contributed by atoms with Crippen molar-refractivity contribution >= 4 is 28.4 Å². The van der Waals surface area contributed by atoms with E-state index in [0.717, 1.165) is 16.5 Å². The summed E-state index contributed by atoms with van der Waals surface area (Å²) in [5.41, 5.74) is 0.961. The molecule has 5 nitrogen and oxygen atoms in total. The largest absolute Gasteiger partial charge is 0.507 e. The van der Waals surface area contributed by atoms with Crippen molar-refractivity contribution in [3.63, 3.8) is 0 Å². The number of hydrogen-bond donors (Lipinski definition) is 1. The molecular formula is C17H12N2O3. The Bertz CT molecular complexity index is 883. The van der Waals surface area contributed by atoms with Crippen molar-refractivity contribution in [1.29, 1.82) is 0 Å². The van der Waals surface area contributed by atoms with E-state index in [1.54, 1.807) is 0 Å². The first-order valence-electron chi connectivity index (χ1n) is 6.64. The van der Waals surface area contributed by atoms with Crippen LogP contribution in [0.15, 0.2) is 65.7 Å². The van der Waals surface area contributed by atoms with E-state index in [9.17, 15) is 15.2 Å². The van der Waals surface area contributed by atoms with Crippen LogP contribution in [-0.4, -0.2) is 16.2 Å². The van der Waals surface area contributed by atoms with Crippen molar-refractivity contribution in [3.8, 4) is 5.75 Å². The van der Waals surface area contributed by atoms with E-state index in [4.69, 9.17) is 0 Å². The average molecular weight is 292 g/mol. The molecule has 3 aromatic carbocycles. The molecule has 0 saturated carbocycles. The summed E-state index contributed by atoms with van der Waals surface area (Å²) in [6.45, 7) is 0. The van der Waals surface area contributed by atoms with Crippen LogP contribution in [-0.2, 0) is 0 Å². The quantitative estimate of drug-likeness (QED) is 0.446. The van der Waals surface area contributed by atoms with Crippen molar-refractivity contribution in [2.75, 3.05) is 0 Å². The molecule has 0 unspecified atom stereocenters. The first kappa shape index (κ1) is 13.8. The van der Waals surface area contributed by atoms with Crippen LogP contribution in [0.25, 0.3) is 10.8 Å². The molecule has 3 rings (SSSR count). The average Bonchev–Trinajstić information content (AvgIpc) is 2.54. The third-order valence-corrected chi connectivity index (χ3v) is 3.33. The number of non-ortho nitro benzene ring substituents is 1. The molecule has 0 aliphatic carbocycles. The molecule has 0 atom stereocenters. The number of nitrogens with zero attached hydrogens (tertiary/aromatic N) is 2. The number of nitro benzene ring substituents is 1. The highest BCUT2D eigenvalue weighted by Crippen LogP contribution is 2.27. The van der Waals surface area contributed by atoms with Crippen LogP contribution >= 0.6 is 0 Å². The number of aromatic hydroxyl groups is 1. The predicted octanol–water partition coefficient (Wildman–Crippen LogP) is 4.20. The SMILES string of the molecule is O=[N+]([O-])c1ccc(O)c(C=Nc2cccc3ccccc23)c1. The Morgan fingerprint density at radius 3 is 2.64 bits per heavy atom. The van der Waals surface area contributed by atoms with Crippen molar-refractivity contribution in [2.24, 2.45) is 4.99 Å². The minimum Gasteiger partial charge on any atom is -0.507 e. The lowest BCUT2D eigenvalue weighted by Gasteiger charge is -2.02. The zero-order valence-corrected chi connectivity index (χ0v) is 11.5. The van der Waals surface area contributed by atoms with Gasteiger partial charge in [0.05, 0.1) is 10.6 Å². The first-order chi connectivity index (χ1) is 10.6. The second kappa shape index (κ2) is 5.65. The summed E-state index contributed by atoms with van der Waals surface area (Å²) in [7, 11) is 0. The zero-order chi connectivity index (χ0) is 15.5. The Morgan fingerprint density at radius 1 is 1.05 bits per heavy atom. The van der Waals surface area contributed by atoms with Gasteiger partial charge in [-0.3, -0.25) is 15.1 Å². The van der Waals surface area contributed by atoms with E-state index in [-0.39, 0.29) is 11.4 Å². The van der Waals surface area contributed by atoms with Crippen molar-refractivity contribution in [1.82, 2.24) is 0 Å². The van der Waals surface area contributed by atoms with E-state index >= 15 is 0 Å². The molecule has 3 aromatic rings. The standard InChI is InChI=1S/C17H12N2O3/c20-17-9-8-14(19(21)22)10-13(17)11-18-16-7-3-5-12-4-1-2-6-15(12)16/h1-11,20H. The van der Waals surface area contributed by atoms with Crippen LogP contribution in [0, 0.1) is 10.1 Å². The lowest BCUT2D eigenvalue weighted by Crippen LogP contribution is -1.90. The van der Waals surface area contributed by atoms with Gasteiger partial charge in [-0.15, -0.1) is 0 Å². The Labute approximate surface area is 126 Å². The van der Waals surface area contributed by atoms with Gasteiger partial charge in [-0.2, -0.15) is 0 Å². The summed E-state index contributed by atoms with van der Waals surface area (Å²) in [4.78, 5) is 14.6. The smallest absolute Gasteiger partial charge is 0.270 e. The molecule has 0 fully saturated rings. The maximum Gasteiger partial charge on any atom is 0.270 e. The molecule has 108 valence electrons. The van der Waals surface area contributed by atoms with E-state index in [0.29, 0.717) is 5.56 Å². The van der Waals surface area contributed by atoms with Gasteiger partial charge in [0.2, 0.25) is 0 Å². The number of fused-ring (bicyclic) bond motifs is 1. The second-order valence-corrected chi connectivity index (χ2v) is 4.76. The normalized spacial score (nSPS) is 11.1. The topological polar surface area (TPSA) is 75.7 Å². The van der Waals surface area contributed by atoms with E-state index < -0.39 is 4.92 Å². The molecule has 1 N–H and O–H groups in total. The number of phenolic OH excluding ortho intramolecular Hbond substituents is 1. The van der Waals surface area contributed by atoms with Gasteiger partial charge < -0.3 is 5.11 Å². The minimum atomic E-state index is -0.505. The number of nitro groups is 1. The van der Waals surface area contributed by atoms with Gasteiger partial charge in [-0.1, -0.05) is 36.4 Å². The highest BCUT2D eigenvalue weighted by Gasteiger charge is 2.08. The number of rotatable bonds is 3. The van der Waals surface area contributed by atoms with Crippen molar-refractivity contribution in [2.45, 2.75) is 0 Å². The highest BCUT2D eigenvalue weighted by molar-refractivity contribution is 5.95. The molecule has 0 amide bonds. The molecule has 0 heterocycles. The van der Waals surface area contributed by atoms with Gasteiger partial charge in [0, 0.05) is 29.3 Å². The summed E-state index contributed by atoms with van der Waals surface area (Å²) < 4.78 is 0. The Hall–Kier alpha value is -3.21. The Kier molecular flexibility index (Phi) is 3.53. The molecule has 0 aliphatic heterocycles. The fraction of sp³-hybridized carbons (Fsp3) is 0. The molecule has 0 spiro atoms. The summed E-state index contributed by atoms with van der Waals surface area (Å²) in [6, 6.07) is 17.4. The molecule has 0 radical (unpaired) electrons. The zero-order valence-electron chi connectivity index (χ0n) is 11.5. The molecule has 22 heavy (non-hydrogen) atoms. The summed E-state index contributed by atoms with van der Waals surface area (Å²) in [6.07, 6.45) is 1.43. The second-order valence-electron chi connectivity index (χ2n) is 4.76. The van der Waals surface area contributed by atoms with Crippen molar-refractivity contribution in [3.05, 3.63) is 76.3 Å². The van der Waals surface area contributed by atoms with Gasteiger partial charge in [-0.25, -0.2) is 0 Å². The summed E-state index contributed by atoms with van der Waals surface area (Å²) >= 11 is 0. The van der Waals surface area contributed by atoms with E-state index in [2.05, 4.69) is 4.99 Å². The summed E-state index contributed by atoms with van der Waals surface area (Å²) in [5, 5.41) is 22.6. The molecule has 0 aliphatic rings. The van der Waals surface area contributed by atoms with Crippen LogP contribution < -0.4 is 0 Å². The van der Waals surface area contributed by atoms with Gasteiger partial charge in [0.15, 0.2) is 0 Å². The number of aliphatic imine (C=N–C) groups is 1. The van der Waals surface area contributed by atoms with E-state index in [1.807, 2.05) is 42.5 Å². The lowest BCUT2D eigenvalue weighted by molar-refractivity contribution is -0.384. The Balaban J connectivity index is 2.03. The van der Waals surface area contributed by atoms with Crippen molar-refractivity contribution < 1.29 is 10.0 Å². The fourth-order valence-corrected chi connectivity index (χ4v) is 2.22. The van der Waals surface area contributed by atoms with Gasteiger partial charge in [0.1, 0.15) is 5.75 Å². The van der Waals surface area contributed by atoms with Crippen LogP contribution in [0.3, 0.4) is 0 Å². The van der Waals surface area contributed by atoms with Gasteiger partial charge >= 0.3 is 0 Å². The summed E-state index contributed by atoms with van der Waals surface area (Å²) in [5.74, 6) is -0.0467. The van der Waals surface area contributed by atoms with Crippen LogP contribution in [0.5, 0.6) is 5.75 Å². The molecule has 5 heteroatoms.